The second-order valence-corrected chi connectivity index (χ2v) is 22.5. The Morgan fingerprint density at radius 2 is 1.02 bits per heavy atom. The molecule has 4 saturated heterocycles. The maximum Gasteiger partial charge on any atom is 0.266 e. The minimum Gasteiger partial charge on any atom is -0.383 e. The number of nitrogens with two attached hydrogens (primary N) is 2. The largest absolute Gasteiger partial charge is 0.383 e. The molecular formula is C67H90N12O6. The van der Waals surface area contributed by atoms with Gasteiger partial charge in [0, 0.05) is 50.5 Å². The zero-order chi connectivity index (χ0) is 61.6. The maximum atomic E-state index is 12.4. The second kappa shape index (κ2) is 30.0. The van der Waals surface area contributed by atoms with Gasteiger partial charge in [0.25, 0.3) is 11.5 Å². The number of hydrogen-bond acceptors (Lipinski definition) is 14. The van der Waals surface area contributed by atoms with Crippen LogP contribution in [-0.2, 0) is 23.7 Å². The number of fused-ring (bicyclic) bond motifs is 2. The van der Waals surface area contributed by atoms with Crippen molar-refractivity contribution in [2.75, 3.05) is 5.73 Å². The molecule has 0 aliphatic carbocycles. The van der Waals surface area contributed by atoms with E-state index in [1.165, 1.54) is 6.33 Å². The van der Waals surface area contributed by atoms with E-state index in [4.69, 9.17) is 30.4 Å². The Labute approximate surface area is 503 Å². The fourth-order valence-electron chi connectivity index (χ4n) is 11.7. The highest BCUT2D eigenvalue weighted by Gasteiger charge is 2.39. The van der Waals surface area contributed by atoms with Gasteiger partial charge in [-0.3, -0.25) is 9.59 Å². The molecule has 18 heteroatoms. The maximum absolute atomic E-state index is 12.4. The van der Waals surface area contributed by atoms with Crippen LogP contribution in [0.25, 0.3) is 22.1 Å². The average Bonchev–Trinajstić information content (AvgIpc) is 1.92. The molecule has 12 atom stereocenters. The quantitative estimate of drug-likeness (QED) is 0.121. The number of H-pyrrole nitrogens is 1. The number of nitrogens with one attached hydrogen (secondary N) is 2. The molecule has 4 fully saturated rings. The first kappa shape index (κ1) is 65.0. The number of aliphatic imine (C=N–C) groups is 1. The number of amidine groups is 1. The van der Waals surface area contributed by atoms with Crippen LogP contribution >= 0.6 is 0 Å². The molecule has 0 radical (unpaired) electrons. The van der Waals surface area contributed by atoms with Crippen molar-refractivity contribution in [3.63, 3.8) is 0 Å². The highest BCUT2D eigenvalue weighted by Crippen LogP contribution is 2.40. The molecule has 0 saturated carbocycles. The Kier molecular flexibility index (Phi) is 22.9. The van der Waals surface area contributed by atoms with E-state index < -0.39 is 0 Å². The molecule has 10 rings (SSSR count). The van der Waals surface area contributed by atoms with Crippen LogP contribution in [0.5, 0.6) is 0 Å². The smallest absolute Gasteiger partial charge is 0.266 e. The lowest BCUT2D eigenvalue weighted by molar-refractivity contribution is -0.118. The number of aryl methyl sites for hydroxylation is 1. The highest BCUT2D eigenvalue weighted by molar-refractivity contribution is 6.02. The van der Waals surface area contributed by atoms with Gasteiger partial charge in [0.1, 0.15) is 71.6 Å². The first-order valence-corrected chi connectivity index (χ1v) is 30.7. The molecule has 0 bridgehead atoms. The van der Waals surface area contributed by atoms with Crippen molar-refractivity contribution in [3.05, 3.63) is 94.4 Å². The molecule has 454 valence electrons. The van der Waals surface area contributed by atoms with E-state index in [0.717, 1.165) is 105 Å². The lowest BCUT2D eigenvalue weighted by atomic mass is 10.0. The Morgan fingerprint density at radius 3 is 1.52 bits per heavy atom. The number of nitrogen functional groups attached to an aromatic ring is 1. The standard InChI is InChI=1S/C18H23N3O2.C17H22N4O.C16H23N3O.C16H22N2O2/c1-5-7-8-13-10-21(15-9-11(3)14(6-2)23-15)17-16(13)18(22)20-12(4)19-17;1-4-6-7-12-9-21(14-8-11(3)13(5-2)22-14)17-15(12)16(18)19-10-20-17;1-5-7-8-13-10-19(12(4)18-16(13)17)15-9-11(3)14(6-2)20-15;1-5-7-8-13-10-18(12(4)17-16(13)19)15-9-11(3)14(6-2)20-15/h10-11,14-15H,5-6,9H2,1-4H3,(H,19,20,22);9-11,13-14H,4-5,8H2,1-3H3,(H2,18,19,20);10-11,14-15H,4-6,9H2,1-3H3,(H2,17,18);10-11,14-15H,4-6,9H2,1-3H3,(H,17,19). The van der Waals surface area contributed by atoms with Crippen LogP contribution in [0.2, 0.25) is 0 Å². The Balaban J connectivity index is 0.000000163. The Bertz CT molecular complexity index is 3460. The van der Waals surface area contributed by atoms with Gasteiger partial charge in [-0.15, -0.1) is 0 Å². The first-order chi connectivity index (χ1) is 40.8. The van der Waals surface area contributed by atoms with E-state index in [1.54, 1.807) is 13.1 Å². The number of aromatic nitrogens is 6. The Morgan fingerprint density at radius 1 is 0.588 bits per heavy atom. The lowest BCUT2D eigenvalue weighted by Gasteiger charge is -2.32. The first-order valence-electron chi connectivity index (χ1n) is 30.7. The monoisotopic (exact) mass is 1160 g/mol. The summed E-state index contributed by atoms with van der Waals surface area (Å²) in [7, 11) is 0. The summed E-state index contributed by atoms with van der Waals surface area (Å²) in [5, 5.41) is 4.15. The van der Waals surface area contributed by atoms with E-state index in [-0.39, 0.29) is 48.6 Å². The predicted molar refractivity (Wildman–Crippen MR) is 337 cm³/mol. The molecule has 1 amide bonds. The van der Waals surface area contributed by atoms with Gasteiger partial charge in [0.15, 0.2) is 5.65 Å². The van der Waals surface area contributed by atoms with Crippen LogP contribution in [-0.4, -0.2) is 87.5 Å². The predicted octanol–water partition coefficient (Wildman–Crippen LogP) is 11.2. The molecule has 6 N–H and O–H groups in total. The van der Waals surface area contributed by atoms with Crippen molar-refractivity contribution in [2.24, 2.45) is 34.4 Å². The summed E-state index contributed by atoms with van der Waals surface area (Å²) in [6.45, 7) is 35.1. The van der Waals surface area contributed by atoms with Crippen molar-refractivity contribution in [1.82, 2.24) is 44.2 Å². The molecule has 4 aromatic rings. The number of nitrogens with zero attached hydrogens (tertiary/aromatic N) is 8. The van der Waals surface area contributed by atoms with E-state index in [9.17, 15) is 9.59 Å². The van der Waals surface area contributed by atoms with Crippen LogP contribution in [0.3, 0.4) is 0 Å². The second-order valence-electron chi connectivity index (χ2n) is 22.5. The van der Waals surface area contributed by atoms with Crippen LogP contribution in [0.15, 0.2) is 76.9 Å². The van der Waals surface area contributed by atoms with E-state index in [2.05, 4.69) is 151 Å². The molecule has 18 nitrogen and oxygen atoms in total. The van der Waals surface area contributed by atoms with Crippen LogP contribution in [0, 0.1) is 78.0 Å². The summed E-state index contributed by atoms with van der Waals surface area (Å²) in [6.07, 6.45) is 21.0. The molecule has 0 aromatic carbocycles. The molecule has 85 heavy (non-hydrogen) atoms. The van der Waals surface area contributed by atoms with Gasteiger partial charge in [-0.05, 0) is 82.0 Å². The number of carbonyl (C=O) groups excluding carboxylic acids is 1. The zero-order valence-electron chi connectivity index (χ0n) is 52.4. The Hall–Kier alpha value is -7.58. The number of aromatic amines is 1. The number of carbonyl (C=O) groups is 1. The van der Waals surface area contributed by atoms with E-state index in [0.29, 0.717) is 81.6 Å². The number of rotatable bonds is 8. The molecular weight excluding hydrogens is 1070 g/mol. The van der Waals surface area contributed by atoms with E-state index >= 15 is 0 Å². The number of anilines is 1. The molecule has 12 unspecified atom stereocenters. The average molecular weight is 1160 g/mol. The number of amides is 1. The minimum atomic E-state index is -0.190. The third-order valence-corrected chi connectivity index (χ3v) is 16.2. The summed E-state index contributed by atoms with van der Waals surface area (Å²) in [4.78, 5) is 48.2. The van der Waals surface area contributed by atoms with Crippen molar-refractivity contribution in [3.8, 4) is 47.4 Å². The summed E-state index contributed by atoms with van der Waals surface area (Å²) in [5.74, 6) is 28.9. The van der Waals surface area contributed by atoms with Crippen molar-refractivity contribution in [1.29, 1.82) is 0 Å². The molecule has 6 aliphatic rings. The SMILES string of the molecule is C=C1N=C(N)C(C#CCC)=CN1C1CC(C)C(CC)O1.C=C1NC(=O)C(C#CCC)=CN1C1CC(C)C(CC)O1.CCC#Cc1cn(C2CC(C)C(CC)O2)c2nc(C)[nH]c(=O)c12.CCC#Cc1cn(C2CC(C)C(CC)O2)c2ncnc(N)c12. The summed E-state index contributed by atoms with van der Waals surface area (Å²) >= 11 is 0. The summed E-state index contributed by atoms with van der Waals surface area (Å²) in [5.41, 5.74) is 16.1. The van der Waals surface area contributed by atoms with Gasteiger partial charge >= 0.3 is 0 Å². The highest BCUT2D eigenvalue weighted by atomic mass is 16.5. The fourth-order valence-corrected chi connectivity index (χ4v) is 11.7. The van der Waals surface area contributed by atoms with Gasteiger partial charge in [-0.2, -0.15) is 0 Å². The van der Waals surface area contributed by atoms with Gasteiger partial charge < -0.3 is 59.6 Å². The molecule has 6 aliphatic heterocycles. The topological polar surface area (TPSA) is 218 Å². The van der Waals surface area contributed by atoms with Crippen molar-refractivity contribution >= 4 is 39.6 Å². The van der Waals surface area contributed by atoms with Crippen LogP contribution in [0.4, 0.5) is 5.82 Å². The summed E-state index contributed by atoms with van der Waals surface area (Å²) < 4.78 is 28.5. The van der Waals surface area contributed by atoms with Gasteiger partial charge in [-0.25, -0.2) is 19.9 Å². The van der Waals surface area contributed by atoms with Gasteiger partial charge in [-0.1, -0.05) is 144 Å². The molecule has 4 aromatic heterocycles. The van der Waals surface area contributed by atoms with Gasteiger partial charge in [0.05, 0.1) is 51.9 Å². The molecule has 0 spiro atoms. The van der Waals surface area contributed by atoms with Crippen LogP contribution in [0.1, 0.15) is 190 Å². The van der Waals surface area contributed by atoms with Crippen molar-refractivity contribution in [2.45, 2.75) is 216 Å². The minimum absolute atomic E-state index is 0.00562. The summed E-state index contributed by atoms with van der Waals surface area (Å²) in [6, 6.07) is 0. The zero-order valence-corrected chi connectivity index (χ0v) is 52.4. The van der Waals surface area contributed by atoms with Gasteiger partial charge in [0.2, 0.25) is 0 Å². The lowest BCUT2D eigenvalue weighted by Crippen LogP contribution is -2.42. The third-order valence-electron chi connectivity index (χ3n) is 16.2. The van der Waals surface area contributed by atoms with Crippen LogP contribution < -0.4 is 22.3 Å². The fraction of sp³-hybridized carbons (Fsp3) is 0.552. The number of ether oxygens (including phenoxy) is 4. The third kappa shape index (κ3) is 15.3. The van der Waals surface area contributed by atoms with Crippen molar-refractivity contribution < 1.29 is 23.7 Å². The number of hydrogen-bond donors (Lipinski definition) is 4. The van der Waals surface area contributed by atoms with E-state index in [1.807, 2.05) is 60.7 Å². The molecule has 10 heterocycles. The normalized spacial score (nSPS) is 26.7.